The van der Waals surface area contributed by atoms with Crippen LogP contribution in [0, 0.1) is 11.3 Å². The minimum absolute atomic E-state index is 0.0488. The minimum Gasteiger partial charge on any atom is -0.481 e. The fourth-order valence-electron chi connectivity index (χ4n) is 3.09. The standard InChI is InChI=1S/C14H24N2O4/c15-11-3-1-2-10(8-11)12(17)16-9-14(13(18)19)4-6-20-7-5-14/h10-11H,1-9,15H2,(H,16,17)(H,18,19). The highest BCUT2D eigenvalue weighted by atomic mass is 16.5. The van der Waals surface area contributed by atoms with E-state index < -0.39 is 11.4 Å². The molecule has 0 aromatic rings. The van der Waals surface area contributed by atoms with Crippen molar-refractivity contribution < 1.29 is 19.4 Å². The first-order chi connectivity index (χ1) is 9.53. The highest BCUT2D eigenvalue weighted by Gasteiger charge is 2.41. The van der Waals surface area contributed by atoms with Crippen molar-refractivity contribution in [1.82, 2.24) is 5.32 Å². The predicted octanol–water partition coefficient (Wildman–Crippen LogP) is 0.501. The van der Waals surface area contributed by atoms with E-state index >= 15 is 0 Å². The van der Waals surface area contributed by atoms with E-state index in [0.29, 0.717) is 32.5 Å². The monoisotopic (exact) mass is 284 g/mol. The lowest BCUT2D eigenvalue weighted by atomic mass is 9.79. The Balaban J connectivity index is 1.88. The van der Waals surface area contributed by atoms with Gasteiger partial charge in [-0.15, -0.1) is 0 Å². The van der Waals surface area contributed by atoms with Crippen LogP contribution in [0.3, 0.4) is 0 Å². The van der Waals surface area contributed by atoms with Crippen LogP contribution in [0.1, 0.15) is 38.5 Å². The molecule has 0 bridgehead atoms. The number of rotatable bonds is 4. The second kappa shape index (κ2) is 6.54. The van der Waals surface area contributed by atoms with E-state index in [-0.39, 0.29) is 24.4 Å². The van der Waals surface area contributed by atoms with Gasteiger partial charge in [-0.3, -0.25) is 9.59 Å². The van der Waals surface area contributed by atoms with E-state index in [4.69, 9.17) is 10.5 Å². The summed E-state index contributed by atoms with van der Waals surface area (Å²) in [7, 11) is 0. The van der Waals surface area contributed by atoms with Gasteiger partial charge in [-0.1, -0.05) is 6.42 Å². The molecule has 6 heteroatoms. The van der Waals surface area contributed by atoms with Crippen LogP contribution in [0.2, 0.25) is 0 Å². The molecule has 4 N–H and O–H groups in total. The molecule has 2 rings (SSSR count). The molecular weight excluding hydrogens is 260 g/mol. The summed E-state index contributed by atoms with van der Waals surface area (Å²) in [5, 5.41) is 12.3. The molecule has 0 aromatic heterocycles. The highest BCUT2D eigenvalue weighted by molar-refractivity contribution is 5.81. The smallest absolute Gasteiger partial charge is 0.311 e. The van der Waals surface area contributed by atoms with Gasteiger partial charge in [0, 0.05) is 31.7 Å². The fourth-order valence-corrected chi connectivity index (χ4v) is 3.09. The summed E-state index contributed by atoms with van der Waals surface area (Å²) < 4.78 is 5.22. The third-order valence-electron chi connectivity index (χ3n) is 4.59. The molecule has 1 saturated heterocycles. The van der Waals surface area contributed by atoms with Crippen LogP contribution in [-0.2, 0) is 14.3 Å². The van der Waals surface area contributed by atoms with Crippen LogP contribution >= 0.6 is 0 Å². The SMILES string of the molecule is NC1CCCC(C(=O)NCC2(C(=O)O)CCOCC2)C1. The third kappa shape index (κ3) is 3.49. The summed E-state index contributed by atoms with van der Waals surface area (Å²) in [5.41, 5.74) is 5.02. The van der Waals surface area contributed by atoms with Gasteiger partial charge in [0.1, 0.15) is 0 Å². The number of carbonyl (C=O) groups excluding carboxylic acids is 1. The lowest BCUT2D eigenvalue weighted by Crippen LogP contribution is -2.48. The second-order valence-electron chi connectivity index (χ2n) is 6.04. The van der Waals surface area contributed by atoms with Gasteiger partial charge in [-0.25, -0.2) is 0 Å². The quantitative estimate of drug-likeness (QED) is 0.698. The number of carboxylic acid groups (broad SMARTS) is 1. The summed E-state index contributed by atoms with van der Waals surface area (Å²) in [6.07, 6.45) is 4.40. The maximum absolute atomic E-state index is 12.2. The number of carbonyl (C=O) groups is 2. The Morgan fingerprint density at radius 3 is 2.60 bits per heavy atom. The van der Waals surface area contributed by atoms with Crippen LogP contribution < -0.4 is 11.1 Å². The van der Waals surface area contributed by atoms with Crippen molar-refractivity contribution in [2.75, 3.05) is 19.8 Å². The molecule has 1 saturated carbocycles. The number of carboxylic acids is 1. The summed E-state index contributed by atoms with van der Waals surface area (Å²) in [6, 6.07) is 0.0935. The van der Waals surface area contributed by atoms with Crippen molar-refractivity contribution in [3.63, 3.8) is 0 Å². The Labute approximate surface area is 119 Å². The molecule has 2 fully saturated rings. The molecule has 0 radical (unpaired) electrons. The van der Waals surface area contributed by atoms with Gasteiger partial charge in [0.2, 0.25) is 5.91 Å². The maximum Gasteiger partial charge on any atom is 0.311 e. The zero-order chi connectivity index (χ0) is 14.6. The Bertz CT molecular complexity index is 366. The van der Waals surface area contributed by atoms with Gasteiger partial charge in [0.05, 0.1) is 5.41 Å². The van der Waals surface area contributed by atoms with E-state index in [2.05, 4.69) is 5.32 Å². The number of nitrogens with two attached hydrogens (primary N) is 1. The number of ether oxygens (including phenoxy) is 1. The number of hydrogen-bond donors (Lipinski definition) is 3. The summed E-state index contributed by atoms with van der Waals surface area (Å²) >= 11 is 0. The van der Waals surface area contributed by atoms with Crippen LogP contribution in [0.4, 0.5) is 0 Å². The normalized spacial score (nSPS) is 29.6. The second-order valence-corrected chi connectivity index (χ2v) is 6.04. The molecule has 6 nitrogen and oxygen atoms in total. The first-order valence-corrected chi connectivity index (χ1v) is 7.38. The maximum atomic E-state index is 12.2. The zero-order valence-corrected chi connectivity index (χ0v) is 11.8. The Morgan fingerprint density at radius 1 is 1.30 bits per heavy atom. The van der Waals surface area contributed by atoms with E-state index in [1.165, 1.54) is 0 Å². The van der Waals surface area contributed by atoms with Crippen molar-refractivity contribution in [2.45, 2.75) is 44.6 Å². The molecule has 20 heavy (non-hydrogen) atoms. The van der Waals surface area contributed by atoms with Crippen molar-refractivity contribution in [3.8, 4) is 0 Å². The highest BCUT2D eigenvalue weighted by Crippen LogP contribution is 2.30. The molecule has 1 amide bonds. The average Bonchev–Trinajstić information content (AvgIpc) is 2.45. The van der Waals surface area contributed by atoms with Gasteiger partial charge in [0.25, 0.3) is 0 Å². The molecule has 1 aliphatic heterocycles. The van der Waals surface area contributed by atoms with Gasteiger partial charge in [-0.05, 0) is 32.1 Å². The van der Waals surface area contributed by atoms with E-state index in [1.807, 2.05) is 0 Å². The fraction of sp³-hybridized carbons (Fsp3) is 0.857. The van der Waals surface area contributed by atoms with E-state index in [1.54, 1.807) is 0 Å². The van der Waals surface area contributed by atoms with Gasteiger partial charge < -0.3 is 20.9 Å². The van der Waals surface area contributed by atoms with Crippen molar-refractivity contribution in [3.05, 3.63) is 0 Å². The first-order valence-electron chi connectivity index (χ1n) is 7.38. The molecule has 1 heterocycles. The Morgan fingerprint density at radius 2 is 2.00 bits per heavy atom. The minimum atomic E-state index is -0.870. The summed E-state index contributed by atoms with van der Waals surface area (Å²) in [4.78, 5) is 23.7. The zero-order valence-electron chi connectivity index (χ0n) is 11.8. The van der Waals surface area contributed by atoms with Gasteiger partial charge >= 0.3 is 5.97 Å². The molecule has 114 valence electrons. The van der Waals surface area contributed by atoms with Crippen LogP contribution in [-0.4, -0.2) is 42.8 Å². The molecule has 2 atom stereocenters. The molecule has 0 aromatic carbocycles. The molecule has 1 aliphatic carbocycles. The molecule has 0 spiro atoms. The Kier molecular flexibility index (Phi) is 4.99. The number of nitrogens with one attached hydrogen (secondary N) is 1. The van der Waals surface area contributed by atoms with Crippen LogP contribution in [0.5, 0.6) is 0 Å². The first kappa shape index (κ1) is 15.3. The molecular formula is C14H24N2O4. The number of hydrogen-bond acceptors (Lipinski definition) is 4. The predicted molar refractivity (Wildman–Crippen MR) is 73.1 cm³/mol. The average molecular weight is 284 g/mol. The van der Waals surface area contributed by atoms with Crippen molar-refractivity contribution in [2.24, 2.45) is 17.1 Å². The topological polar surface area (TPSA) is 102 Å². The Hall–Kier alpha value is -1.14. The van der Waals surface area contributed by atoms with E-state index in [0.717, 1.165) is 19.3 Å². The summed E-state index contributed by atoms with van der Waals surface area (Å²) in [6.45, 7) is 1.07. The van der Waals surface area contributed by atoms with Crippen molar-refractivity contribution in [1.29, 1.82) is 0 Å². The van der Waals surface area contributed by atoms with Gasteiger partial charge in [-0.2, -0.15) is 0 Å². The number of aliphatic carboxylic acids is 1. The van der Waals surface area contributed by atoms with Gasteiger partial charge in [0.15, 0.2) is 0 Å². The van der Waals surface area contributed by atoms with Crippen LogP contribution in [0.15, 0.2) is 0 Å². The van der Waals surface area contributed by atoms with Crippen LogP contribution in [0.25, 0.3) is 0 Å². The van der Waals surface area contributed by atoms with Crippen molar-refractivity contribution >= 4 is 11.9 Å². The summed E-state index contributed by atoms with van der Waals surface area (Å²) in [5.74, 6) is -0.960. The third-order valence-corrected chi connectivity index (χ3v) is 4.59. The molecule has 2 aliphatic rings. The largest absolute Gasteiger partial charge is 0.481 e. The lowest BCUT2D eigenvalue weighted by Gasteiger charge is -2.34. The lowest BCUT2D eigenvalue weighted by molar-refractivity contribution is -0.154. The number of amides is 1. The molecule has 2 unspecified atom stereocenters. The van der Waals surface area contributed by atoms with E-state index in [9.17, 15) is 14.7 Å².